The molecule has 5 aromatic carbocycles. The lowest BCUT2D eigenvalue weighted by Crippen LogP contribution is -2.11. The Kier molecular flexibility index (Phi) is 3.72. The summed E-state index contributed by atoms with van der Waals surface area (Å²) >= 11 is 0. The van der Waals surface area contributed by atoms with Gasteiger partial charge in [-0.1, -0.05) is 83.1 Å². The van der Waals surface area contributed by atoms with Gasteiger partial charge in [0.05, 0.1) is 0 Å². The molecule has 0 bridgehead atoms. The lowest BCUT2D eigenvalue weighted by Gasteiger charge is -2.23. The quantitative estimate of drug-likeness (QED) is 0.219. The average molecular weight is 365 g/mol. The molecule has 0 unspecified atom stereocenters. The van der Waals surface area contributed by atoms with Crippen LogP contribution in [0.5, 0.6) is 0 Å². The van der Waals surface area contributed by atoms with E-state index < -0.39 is 0 Å². The van der Waals surface area contributed by atoms with Crippen LogP contribution in [0.25, 0.3) is 43.1 Å². The summed E-state index contributed by atoms with van der Waals surface area (Å²) in [6.07, 6.45) is 2.13. The highest BCUT2D eigenvalue weighted by Crippen LogP contribution is 2.43. The van der Waals surface area contributed by atoms with Crippen molar-refractivity contribution in [2.24, 2.45) is 0 Å². The van der Waals surface area contributed by atoms with Crippen molar-refractivity contribution >= 4 is 43.1 Å². The second kappa shape index (κ2) is 5.95. The molecule has 5 rings (SSSR count). The largest absolute Gasteiger partial charge is 0.0613 e. The first-order chi connectivity index (χ1) is 13.4. The van der Waals surface area contributed by atoms with Crippen LogP contribution in [-0.4, -0.2) is 0 Å². The first kappa shape index (κ1) is 17.5. The molecule has 0 saturated heterocycles. The van der Waals surface area contributed by atoms with E-state index in [9.17, 15) is 0 Å². The summed E-state index contributed by atoms with van der Waals surface area (Å²) in [6, 6.07) is 21.3. The minimum atomic E-state index is 0.131. The van der Waals surface area contributed by atoms with Gasteiger partial charge in [-0.3, -0.25) is 0 Å². The minimum Gasteiger partial charge on any atom is -0.0613 e. The normalized spacial score (nSPS) is 12.8. The first-order valence-corrected chi connectivity index (χ1v) is 10.6. The Bertz CT molecular complexity index is 1350. The van der Waals surface area contributed by atoms with Gasteiger partial charge >= 0.3 is 0 Å². The number of fused-ring (bicyclic) bond motifs is 2. The molecule has 0 spiro atoms. The van der Waals surface area contributed by atoms with Crippen molar-refractivity contribution in [3.05, 3.63) is 71.3 Å². The summed E-state index contributed by atoms with van der Waals surface area (Å²) in [4.78, 5) is 0. The maximum Gasteiger partial charge on any atom is -0.00236 e. The van der Waals surface area contributed by atoms with Crippen LogP contribution < -0.4 is 0 Å². The van der Waals surface area contributed by atoms with Gasteiger partial charge in [0, 0.05) is 0 Å². The Labute approximate surface area is 167 Å². The first-order valence-electron chi connectivity index (χ1n) is 10.6. The second-order valence-corrected chi connectivity index (χ2v) is 9.22. The predicted octanol–water partition coefficient (Wildman–Crippen LogP) is 8.16. The molecule has 0 fully saturated rings. The molecule has 28 heavy (non-hydrogen) atoms. The van der Waals surface area contributed by atoms with Gasteiger partial charge in [-0.05, 0) is 84.1 Å². The number of hydrogen-bond acceptors (Lipinski definition) is 0. The van der Waals surface area contributed by atoms with Crippen LogP contribution in [0.4, 0.5) is 0 Å². The van der Waals surface area contributed by atoms with Gasteiger partial charge in [0.25, 0.3) is 0 Å². The van der Waals surface area contributed by atoms with Gasteiger partial charge in [-0.25, -0.2) is 0 Å². The highest BCUT2D eigenvalue weighted by atomic mass is 14.2. The van der Waals surface area contributed by atoms with Gasteiger partial charge in [0.15, 0.2) is 0 Å². The van der Waals surface area contributed by atoms with Crippen LogP contribution in [0, 0.1) is 0 Å². The summed E-state index contributed by atoms with van der Waals surface area (Å²) in [6.45, 7) is 11.5. The van der Waals surface area contributed by atoms with Gasteiger partial charge in [0.2, 0.25) is 0 Å². The van der Waals surface area contributed by atoms with Crippen LogP contribution in [0.2, 0.25) is 0 Å². The Morgan fingerprint density at radius 3 is 2.07 bits per heavy atom. The number of aryl methyl sites for hydroxylation is 2. The van der Waals surface area contributed by atoms with E-state index in [4.69, 9.17) is 0 Å². The number of rotatable bonds is 2. The fraction of sp³-hybridized carbons (Fsp3) is 0.286. The third-order valence-corrected chi connectivity index (χ3v) is 6.48. The molecular formula is C28H28. The lowest BCUT2D eigenvalue weighted by molar-refractivity contribution is 0.592. The summed E-state index contributed by atoms with van der Waals surface area (Å²) in [5.74, 6) is 0. The van der Waals surface area contributed by atoms with Gasteiger partial charge in [0.1, 0.15) is 0 Å². The highest BCUT2D eigenvalue weighted by molar-refractivity contribution is 6.33. The smallest absolute Gasteiger partial charge is 0.00236 e. The number of benzene rings is 5. The van der Waals surface area contributed by atoms with Crippen molar-refractivity contribution in [2.75, 3.05) is 0 Å². The van der Waals surface area contributed by atoms with E-state index in [1.807, 2.05) is 0 Å². The van der Waals surface area contributed by atoms with Crippen LogP contribution in [-0.2, 0) is 18.3 Å². The van der Waals surface area contributed by atoms with E-state index in [1.54, 1.807) is 0 Å². The third-order valence-electron chi connectivity index (χ3n) is 6.48. The zero-order valence-corrected chi connectivity index (χ0v) is 17.6. The molecule has 0 atom stereocenters. The Morgan fingerprint density at radius 1 is 0.643 bits per heavy atom. The zero-order chi connectivity index (χ0) is 19.6. The molecule has 0 aromatic heterocycles. The molecule has 0 aliphatic carbocycles. The molecule has 0 aliphatic heterocycles. The monoisotopic (exact) mass is 364 g/mol. The average Bonchev–Trinajstić information content (AvgIpc) is 2.69. The minimum absolute atomic E-state index is 0.131. The van der Waals surface area contributed by atoms with E-state index in [1.165, 1.54) is 59.8 Å². The second-order valence-electron chi connectivity index (χ2n) is 9.22. The molecule has 140 valence electrons. The van der Waals surface area contributed by atoms with Crippen molar-refractivity contribution in [1.82, 2.24) is 0 Å². The molecule has 0 heteroatoms. The molecule has 0 radical (unpaired) electrons. The SMILES string of the molecule is CCc1cc2cc(C(C)(C)C)cc3c4cccc5c(CC)ccc(c(c1)c23)c54. The topological polar surface area (TPSA) is 0 Å². The van der Waals surface area contributed by atoms with Crippen LogP contribution >= 0.6 is 0 Å². The summed E-state index contributed by atoms with van der Waals surface area (Å²) < 4.78 is 0. The molecule has 0 saturated carbocycles. The maximum absolute atomic E-state index is 2.45. The highest BCUT2D eigenvalue weighted by Gasteiger charge is 2.19. The molecule has 0 N–H and O–H groups in total. The van der Waals surface area contributed by atoms with E-state index in [2.05, 4.69) is 89.2 Å². The Morgan fingerprint density at radius 2 is 1.36 bits per heavy atom. The predicted molar refractivity (Wildman–Crippen MR) is 125 cm³/mol. The molecule has 5 aromatic rings. The maximum atomic E-state index is 2.45. The molecule has 0 nitrogen and oxygen atoms in total. The molecule has 0 amide bonds. The summed E-state index contributed by atoms with van der Waals surface area (Å²) in [7, 11) is 0. The lowest BCUT2D eigenvalue weighted by atomic mass is 9.81. The van der Waals surface area contributed by atoms with Crippen molar-refractivity contribution in [3.8, 4) is 0 Å². The summed E-state index contributed by atoms with van der Waals surface area (Å²) in [5.41, 5.74) is 4.42. The van der Waals surface area contributed by atoms with E-state index in [-0.39, 0.29) is 5.41 Å². The summed E-state index contributed by atoms with van der Waals surface area (Å²) in [5, 5.41) is 11.3. The van der Waals surface area contributed by atoms with Crippen molar-refractivity contribution < 1.29 is 0 Å². The Hall–Kier alpha value is -2.60. The van der Waals surface area contributed by atoms with Gasteiger partial charge < -0.3 is 0 Å². The van der Waals surface area contributed by atoms with Crippen molar-refractivity contribution in [3.63, 3.8) is 0 Å². The third kappa shape index (κ3) is 2.37. The van der Waals surface area contributed by atoms with Crippen molar-refractivity contribution in [1.29, 1.82) is 0 Å². The molecule has 0 aliphatic rings. The van der Waals surface area contributed by atoms with Crippen LogP contribution in [0.15, 0.2) is 54.6 Å². The molecular weight excluding hydrogens is 336 g/mol. The fourth-order valence-electron chi connectivity index (χ4n) is 4.86. The van der Waals surface area contributed by atoms with Gasteiger partial charge in [-0.2, -0.15) is 0 Å². The van der Waals surface area contributed by atoms with Crippen LogP contribution in [0.3, 0.4) is 0 Å². The zero-order valence-electron chi connectivity index (χ0n) is 17.6. The standard InChI is InChI=1S/C28H28/c1-6-17-13-19-15-20(28(3,4)5)16-25-22-10-8-9-21-18(7-2)11-12-23(27(21)22)24(14-17)26(19)25/h8-16H,6-7H2,1-5H3. The van der Waals surface area contributed by atoms with Crippen LogP contribution in [0.1, 0.15) is 51.3 Å². The molecule has 0 heterocycles. The van der Waals surface area contributed by atoms with Gasteiger partial charge in [-0.15, -0.1) is 0 Å². The van der Waals surface area contributed by atoms with Crippen molar-refractivity contribution in [2.45, 2.75) is 52.9 Å². The van der Waals surface area contributed by atoms with E-state index in [0.717, 1.165) is 12.8 Å². The Balaban J connectivity index is 2.12. The van der Waals surface area contributed by atoms with E-state index >= 15 is 0 Å². The fourth-order valence-corrected chi connectivity index (χ4v) is 4.86. The van der Waals surface area contributed by atoms with E-state index in [0.29, 0.717) is 0 Å². The number of hydrogen-bond donors (Lipinski definition) is 0.